The van der Waals surface area contributed by atoms with E-state index in [4.69, 9.17) is 10.5 Å². The number of aromatic nitrogens is 1. The Morgan fingerprint density at radius 2 is 1.82 bits per heavy atom. The Hall–Kier alpha value is -0.900. The molecule has 0 saturated carbocycles. The van der Waals surface area contributed by atoms with Gasteiger partial charge in [-0.2, -0.15) is 0 Å². The lowest BCUT2D eigenvalue weighted by Crippen LogP contribution is -2.10. The standard InChI is InChI=1S/C13H22N2OS/c1-8(2)10(5)17-12-7-6-11(14)13(15-12)16-9(3)4/h6-10H,14H2,1-5H3. The minimum atomic E-state index is 0.0903. The molecule has 1 atom stereocenters. The van der Waals surface area contributed by atoms with Gasteiger partial charge in [0.15, 0.2) is 0 Å². The molecule has 0 fully saturated rings. The van der Waals surface area contributed by atoms with Crippen LogP contribution in [0.2, 0.25) is 0 Å². The number of nitrogen functional groups attached to an aromatic ring is 1. The largest absolute Gasteiger partial charge is 0.473 e. The van der Waals surface area contributed by atoms with Crippen molar-refractivity contribution in [2.45, 2.75) is 51.0 Å². The summed E-state index contributed by atoms with van der Waals surface area (Å²) in [6.45, 7) is 10.6. The van der Waals surface area contributed by atoms with Crippen LogP contribution in [-0.2, 0) is 0 Å². The van der Waals surface area contributed by atoms with Crippen LogP contribution in [0.3, 0.4) is 0 Å². The van der Waals surface area contributed by atoms with E-state index in [2.05, 4.69) is 25.8 Å². The van der Waals surface area contributed by atoms with Crippen LogP contribution in [0.4, 0.5) is 5.69 Å². The summed E-state index contributed by atoms with van der Waals surface area (Å²) >= 11 is 1.75. The second-order valence-corrected chi connectivity index (χ2v) is 6.18. The molecule has 1 unspecified atom stereocenters. The summed E-state index contributed by atoms with van der Waals surface area (Å²) in [5.74, 6) is 1.16. The van der Waals surface area contributed by atoms with Gasteiger partial charge in [0.2, 0.25) is 5.88 Å². The van der Waals surface area contributed by atoms with Crippen LogP contribution in [0.15, 0.2) is 17.2 Å². The topological polar surface area (TPSA) is 48.1 Å². The Morgan fingerprint density at radius 1 is 1.18 bits per heavy atom. The van der Waals surface area contributed by atoms with Crippen molar-refractivity contribution in [3.63, 3.8) is 0 Å². The normalized spacial score (nSPS) is 13.1. The van der Waals surface area contributed by atoms with E-state index >= 15 is 0 Å². The summed E-state index contributed by atoms with van der Waals surface area (Å²) in [6, 6.07) is 3.81. The lowest BCUT2D eigenvalue weighted by molar-refractivity contribution is 0.232. The van der Waals surface area contributed by atoms with Crippen molar-refractivity contribution < 1.29 is 4.74 Å². The van der Waals surface area contributed by atoms with Crippen LogP contribution >= 0.6 is 11.8 Å². The second kappa shape index (κ2) is 6.15. The third-order valence-corrected chi connectivity index (χ3v) is 3.84. The van der Waals surface area contributed by atoms with Crippen LogP contribution < -0.4 is 10.5 Å². The van der Waals surface area contributed by atoms with Gasteiger partial charge in [-0.3, -0.25) is 0 Å². The summed E-state index contributed by atoms with van der Waals surface area (Å²) in [5, 5.41) is 1.49. The lowest BCUT2D eigenvalue weighted by Gasteiger charge is -2.16. The fourth-order valence-electron chi connectivity index (χ4n) is 1.14. The highest BCUT2D eigenvalue weighted by Gasteiger charge is 2.12. The lowest BCUT2D eigenvalue weighted by atomic mass is 10.2. The van der Waals surface area contributed by atoms with Crippen LogP contribution in [0, 0.1) is 5.92 Å². The fourth-order valence-corrected chi connectivity index (χ4v) is 2.08. The predicted molar refractivity (Wildman–Crippen MR) is 74.6 cm³/mol. The van der Waals surface area contributed by atoms with Crippen LogP contribution in [0.5, 0.6) is 5.88 Å². The number of pyridine rings is 1. The van der Waals surface area contributed by atoms with E-state index in [0.29, 0.717) is 22.7 Å². The monoisotopic (exact) mass is 254 g/mol. The van der Waals surface area contributed by atoms with Crippen molar-refractivity contribution in [2.24, 2.45) is 5.92 Å². The molecule has 0 radical (unpaired) electrons. The first kappa shape index (κ1) is 14.2. The van der Waals surface area contributed by atoms with Crippen LogP contribution in [0.1, 0.15) is 34.6 Å². The Labute approximate surface area is 108 Å². The average Bonchev–Trinajstić information content (AvgIpc) is 2.22. The molecule has 0 spiro atoms. The number of thioether (sulfide) groups is 1. The molecule has 1 heterocycles. The zero-order valence-corrected chi connectivity index (χ0v) is 12.0. The number of rotatable bonds is 5. The molecule has 96 valence electrons. The third-order valence-electron chi connectivity index (χ3n) is 2.46. The van der Waals surface area contributed by atoms with Crippen molar-refractivity contribution in [1.82, 2.24) is 4.98 Å². The van der Waals surface area contributed by atoms with Gasteiger partial charge in [0.1, 0.15) is 5.03 Å². The van der Waals surface area contributed by atoms with Crippen LogP contribution in [-0.4, -0.2) is 16.3 Å². The molecule has 3 nitrogen and oxygen atoms in total. The summed E-state index contributed by atoms with van der Waals surface area (Å²) < 4.78 is 5.58. The van der Waals surface area contributed by atoms with Crippen molar-refractivity contribution in [1.29, 1.82) is 0 Å². The van der Waals surface area contributed by atoms with E-state index in [-0.39, 0.29) is 6.10 Å². The SMILES string of the molecule is CC(C)Oc1nc(SC(C)C(C)C)ccc1N. The fraction of sp³-hybridized carbons (Fsp3) is 0.615. The highest BCUT2D eigenvalue weighted by atomic mass is 32.2. The zero-order chi connectivity index (χ0) is 13.0. The molecular weight excluding hydrogens is 232 g/mol. The van der Waals surface area contributed by atoms with Crippen LogP contribution in [0.25, 0.3) is 0 Å². The summed E-state index contributed by atoms with van der Waals surface area (Å²) in [6.07, 6.45) is 0.0903. The van der Waals surface area contributed by atoms with Gasteiger partial charge >= 0.3 is 0 Å². The molecule has 4 heteroatoms. The molecule has 1 aromatic rings. The Kier molecular flexibility index (Phi) is 5.12. The first-order valence-corrected chi connectivity index (χ1v) is 6.88. The van der Waals surface area contributed by atoms with E-state index in [0.717, 1.165) is 5.03 Å². The van der Waals surface area contributed by atoms with E-state index in [9.17, 15) is 0 Å². The maximum Gasteiger partial charge on any atom is 0.238 e. The molecule has 2 N–H and O–H groups in total. The Morgan fingerprint density at radius 3 is 2.35 bits per heavy atom. The second-order valence-electron chi connectivity index (χ2n) is 4.78. The van der Waals surface area contributed by atoms with E-state index in [1.54, 1.807) is 11.8 Å². The summed E-state index contributed by atoms with van der Waals surface area (Å²) in [7, 11) is 0. The van der Waals surface area contributed by atoms with Gasteiger partial charge in [-0.25, -0.2) is 4.98 Å². The minimum absolute atomic E-state index is 0.0903. The van der Waals surface area contributed by atoms with Gasteiger partial charge < -0.3 is 10.5 Å². The van der Waals surface area contributed by atoms with Gasteiger partial charge in [0, 0.05) is 5.25 Å². The molecular formula is C13H22N2OS. The highest BCUT2D eigenvalue weighted by molar-refractivity contribution is 7.99. The molecule has 1 aromatic heterocycles. The Balaban J connectivity index is 2.81. The molecule has 0 aromatic carbocycles. The molecule has 0 saturated heterocycles. The smallest absolute Gasteiger partial charge is 0.238 e. The van der Waals surface area contributed by atoms with Gasteiger partial charge in [0.25, 0.3) is 0 Å². The quantitative estimate of drug-likeness (QED) is 0.816. The first-order valence-electron chi connectivity index (χ1n) is 6.00. The van der Waals surface area contributed by atoms with Crippen molar-refractivity contribution >= 4 is 17.4 Å². The third kappa shape index (κ3) is 4.46. The maximum atomic E-state index is 5.83. The molecule has 0 aliphatic rings. The molecule has 17 heavy (non-hydrogen) atoms. The molecule has 0 aliphatic carbocycles. The molecule has 0 aliphatic heterocycles. The average molecular weight is 254 g/mol. The minimum Gasteiger partial charge on any atom is -0.473 e. The van der Waals surface area contributed by atoms with Gasteiger partial charge in [-0.05, 0) is 31.9 Å². The van der Waals surface area contributed by atoms with Gasteiger partial charge in [0.05, 0.1) is 11.8 Å². The number of nitrogens with zero attached hydrogens (tertiary/aromatic N) is 1. The summed E-state index contributed by atoms with van der Waals surface area (Å²) in [4.78, 5) is 4.45. The van der Waals surface area contributed by atoms with Gasteiger partial charge in [-0.1, -0.05) is 20.8 Å². The van der Waals surface area contributed by atoms with Gasteiger partial charge in [-0.15, -0.1) is 11.8 Å². The molecule has 1 rings (SSSR count). The number of ether oxygens (including phenoxy) is 1. The van der Waals surface area contributed by atoms with E-state index < -0.39 is 0 Å². The Bertz CT molecular complexity index is 366. The van der Waals surface area contributed by atoms with Crippen molar-refractivity contribution in [3.05, 3.63) is 12.1 Å². The van der Waals surface area contributed by atoms with Crippen molar-refractivity contribution in [2.75, 3.05) is 5.73 Å². The number of hydrogen-bond acceptors (Lipinski definition) is 4. The summed E-state index contributed by atoms with van der Waals surface area (Å²) in [5.41, 5.74) is 6.43. The van der Waals surface area contributed by atoms with E-state index in [1.807, 2.05) is 26.0 Å². The molecule has 0 amide bonds. The molecule has 0 bridgehead atoms. The maximum absolute atomic E-state index is 5.83. The predicted octanol–water partition coefficient (Wildman–Crippen LogP) is 3.59. The number of anilines is 1. The van der Waals surface area contributed by atoms with Crippen molar-refractivity contribution in [3.8, 4) is 5.88 Å². The highest BCUT2D eigenvalue weighted by Crippen LogP contribution is 2.30. The zero-order valence-electron chi connectivity index (χ0n) is 11.2. The first-order chi connectivity index (χ1) is 7.90. The number of hydrogen-bond donors (Lipinski definition) is 1. The number of nitrogens with two attached hydrogens (primary N) is 1. The van der Waals surface area contributed by atoms with E-state index in [1.165, 1.54) is 0 Å².